The van der Waals surface area contributed by atoms with Crippen LogP contribution < -0.4 is 15.1 Å². The minimum atomic E-state index is -0.350. The number of nitrogens with one attached hydrogen (secondary N) is 1. The van der Waals surface area contributed by atoms with E-state index in [2.05, 4.69) is 10.5 Å². The van der Waals surface area contributed by atoms with Crippen molar-refractivity contribution >= 4 is 29.6 Å². The van der Waals surface area contributed by atoms with Crippen LogP contribution in [0.15, 0.2) is 86.2 Å². The average molecular weight is 395 g/mol. The van der Waals surface area contributed by atoms with E-state index in [1.54, 1.807) is 12.1 Å². The molecule has 0 bridgehead atoms. The Morgan fingerprint density at radius 1 is 1.14 bits per heavy atom. The zero-order valence-electron chi connectivity index (χ0n) is 15.7. The molecule has 1 amide bonds. The fourth-order valence-corrected chi connectivity index (χ4v) is 3.06. The van der Waals surface area contributed by atoms with Crippen LogP contribution in [0.2, 0.25) is 0 Å². The van der Waals surface area contributed by atoms with E-state index in [4.69, 9.17) is 9.15 Å². The van der Waals surface area contributed by atoms with E-state index in [1.807, 2.05) is 73.6 Å². The van der Waals surface area contributed by atoms with Gasteiger partial charge >= 0.3 is 0 Å². The minimum Gasteiger partial charge on any atom is -0.484 e. The van der Waals surface area contributed by atoms with Gasteiger partial charge in [-0.15, -0.1) is 0 Å². The summed E-state index contributed by atoms with van der Waals surface area (Å²) >= 11 is 1.52. The standard InChI is InChI=1S/C21H21N3O3S/c1-24(2)16-7-6-8-17(13-16)26-15-20(25)23-22-14-18-11-12-21(27-18)28-19-9-4-3-5-10-19/h3-14H,15H2,1-2H3,(H,23,25)/b22-14+. The number of hydrogen-bond acceptors (Lipinski definition) is 6. The first kappa shape index (κ1) is 19.6. The maximum Gasteiger partial charge on any atom is 0.277 e. The summed E-state index contributed by atoms with van der Waals surface area (Å²) in [4.78, 5) is 14.9. The average Bonchev–Trinajstić information content (AvgIpc) is 3.14. The molecule has 0 radical (unpaired) electrons. The second-order valence-electron chi connectivity index (χ2n) is 6.05. The molecule has 2 aromatic carbocycles. The van der Waals surface area contributed by atoms with Gasteiger partial charge < -0.3 is 14.1 Å². The molecule has 3 aromatic rings. The predicted molar refractivity (Wildman–Crippen MR) is 111 cm³/mol. The lowest BCUT2D eigenvalue weighted by Gasteiger charge is -2.13. The van der Waals surface area contributed by atoms with E-state index in [9.17, 15) is 4.79 Å². The summed E-state index contributed by atoms with van der Waals surface area (Å²) in [5.41, 5.74) is 3.42. The molecule has 0 atom stereocenters. The molecule has 1 N–H and O–H groups in total. The molecule has 1 aromatic heterocycles. The molecule has 3 rings (SSSR count). The third-order valence-electron chi connectivity index (χ3n) is 3.65. The number of ether oxygens (including phenoxy) is 1. The Morgan fingerprint density at radius 3 is 2.75 bits per heavy atom. The summed E-state index contributed by atoms with van der Waals surface area (Å²) in [7, 11) is 3.89. The number of amides is 1. The third kappa shape index (κ3) is 5.92. The van der Waals surface area contributed by atoms with Crippen LogP contribution >= 0.6 is 11.8 Å². The van der Waals surface area contributed by atoms with Crippen LogP contribution in [0.25, 0.3) is 0 Å². The summed E-state index contributed by atoms with van der Waals surface area (Å²) in [5, 5.41) is 4.66. The number of hydrazone groups is 1. The van der Waals surface area contributed by atoms with Gasteiger partial charge in [0, 0.05) is 30.7 Å². The van der Waals surface area contributed by atoms with Gasteiger partial charge in [-0.1, -0.05) is 36.0 Å². The van der Waals surface area contributed by atoms with Crippen LogP contribution in [0.1, 0.15) is 5.76 Å². The van der Waals surface area contributed by atoms with Gasteiger partial charge in [-0.2, -0.15) is 5.10 Å². The van der Waals surface area contributed by atoms with E-state index >= 15 is 0 Å². The largest absolute Gasteiger partial charge is 0.484 e. The van der Waals surface area contributed by atoms with Crippen molar-refractivity contribution in [3.8, 4) is 5.75 Å². The third-order valence-corrected chi connectivity index (χ3v) is 4.58. The Balaban J connectivity index is 1.45. The van der Waals surface area contributed by atoms with Crippen molar-refractivity contribution in [1.82, 2.24) is 5.43 Å². The fraction of sp³-hybridized carbons (Fsp3) is 0.143. The molecule has 0 saturated carbocycles. The van der Waals surface area contributed by atoms with Crippen LogP contribution in [0.4, 0.5) is 5.69 Å². The highest BCUT2D eigenvalue weighted by molar-refractivity contribution is 7.99. The van der Waals surface area contributed by atoms with Crippen molar-refractivity contribution < 1.29 is 13.9 Å². The lowest BCUT2D eigenvalue weighted by atomic mass is 10.3. The van der Waals surface area contributed by atoms with Gasteiger partial charge in [-0.25, -0.2) is 5.43 Å². The van der Waals surface area contributed by atoms with Crippen molar-refractivity contribution in [1.29, 1.82) is 0 Å². The summed E-state index contributed by atoms with van der Waals surface area (Å²) in [6.45, 7) is -0.124. The van der Waals surface area contributed by atoms with E-state index < -0.39 is 0 Å². The highest BCUT2D eigenvalue weighted by Gasteiger charge is 2.05. The number of carbonyl (C=O) groups is 1. The Hall–Kier alpha value is -3.19. The van der Waals surface area contributed by atoms with Crippen LogP contribution in [0, 0.1) is 0 Å². The molecule has 144 valence electrons. The first-order valence-corrected chi connectivity index (χ1v) is 9.46. The molecule has 6 nitrogen and oxygen atoms in total. The monoisotopic (exact) mass is 395 g/mol. The Morgan fingerprint density at radius 2 is 1.96 bits per heavy atom. The van der Waals surface area contributed by atoms with Crippen LogP contribution in [-0.4, -0.2) is 32.8 Å². The SMILES string of the molecule is CN(C)c1cccc(OCC(=O)N/N=C/c2ccc(Sc3ccccc3)o2)c1. The summed E-state index contributed by atoms with van der Waals surface area (Å²) in [6.07, 6.45) is 1.46. The quantitative estimate of drug-likeness (QED) is 0.461. The molecule has 0 aliphatic rings. The number of benzene rings is 2. The van der Waals surface area contributed by atoms with Crippen molar-refractivity contribution in [3.05, 3.63) is 72.5 Å². The fourth-order valence-electron chi connectivity index (χ4n) is 2.26. The number of nitrogens with zero attached hydrogens (tertiary/aromatic N) is 2. The molecule has 0 fully saturated rings. The van der Waals surface area contributed by atoms with Crippen LogP contribution in [0.5, 0.6) is 5.75 Å². The number of carbonyl (C=O) groups excluding carboxylic acids is 1. The van der Waals surface area contributed by atoms with Gasteiger partial charge in [0.1, 0.15) is 11.5 Å². The summed E-state index contributed by atoms with van der Waals surface area (Å²) < 4.78 is 11.2. The molecule has 0 saturated heterocycles. The highest BCUT2D eigenvalue weighted by atomic mass is 32.2. The molecule has 28 heavy (non-hydrogen) atoms. The molecule has 7 heteroatoms. The van der Waals surface area contributed by atoms with Gasteiger partial charge in [-0.3, -0.25) is 4.79 Å². The second kappa shape index (κ2) is 9.66. The first-order valence-electron chi connectivity index (χ1n) is 8.65. The van der Waals surface area contributed by atoms with Gasteiger partial charge in [-0.05, 0) is 36.4 Å². The molecule has 0 aliphatic heterocycles. The van der Waals surface area contributed by atoms with Gasteiger partial charge in [0.05, 0.1) is 6.21 Å². The van der Waals surface area contributed by atoms with Crippen LogP contribution in [0.3, 0.4) is 0 Å². The zero-order valence-corrected chi connectivity index (χ0v) is 16.5. The lowest BCUT2D eigenvalue weighted by molar-refractivity contribution is -0.123. The lowest BCUT2D eigenvalue weighted by Crippen LogP contribution is -2.24. The Kier molecular flexibility index (Phi) is 6.75. The van der Waals surface area contributed by atoms with Crippen LogP contribution in [-0.2, 0) is 4.79 Å². The second-order valence-corrected chi connectivity index (χ2v) is 7.12. The smallest absolute Gasteiger partial charge is 0.277 e. The van der Waals surface area contributed by atoms with Gasteiger partial charge in [0.15, 0.2) is 11.7 Å². The Bertz CT molecular complexity index is 939. The number of anilines is 1. The maximum absolute atomic E-state index is 11.9. The number of rotatable bonds is 8. The normalized spacial score (nSPS) is 10.8. The molecule has 1 heterocycles. The maximum atomic E-state index is 11.9. The van der Waals surface area contributed by atoms with Gasteiger partial charge in [0.2, 0.25) is 0 Å². The summed E-state index contributed by atoms with van der Waals surface area (Å²) in [6, 6.07) is 21.1. The highest BCUT2D eigenvalue weighted by Crippen LogP contribution is 2.28. The first-order chi connectivity index (χ1) is 13.6. The van der Waals surface area contributed by atoms with E-state index in [1.165, 1.54) is 18.0 Å². The molecule has 0 spiro atoms. The van der Waals surface area contributed by atoms with E-state index in [0.29, 0.717) is 11.5 Å². The molecule has 0 aliphatic carbocycles. The summed E-state index contributed by atoms with van der Waals surface area (Å²) in [5.74, 6) is 0.828. The Labute approximate surface area is 168 Å². The van der Waals surface area contributed by atoms with E-state index in [0.717, 1.165) is 15.7 Å². The zero-order chi connectivity index (χ0) is 19.8. The van der Waals surface area contributed by atoms with Gasteiger partial charge in [0.25, 0.3) is 5.91 Å². The minimum absolute atomic E-state index is 0.124. The number of furan rings is 1. The number of hydrogen-bond donors (Lipinski definition) is 1. The van der Waals surface area contributed by atoms with Crippen molar-refractivity contribution in [3.63, 3.8) is 0 Å². The molecular weight excluding hydrogens is 374 g/mol. The van der Waals surface area contributed by atoms with Crippen molar-refractivity contribution in [2.75, 3.05) is 25.6 Å². The van der Waals surface area contributed by atoms with E-state index in [-0.39, 0.29) is 12.5 Å². The topological polar surface area (TPSA) is 67.1 Å². The molecular formula is C21H21N3O3S. The molecule has 0 unspecified atom stereocenters. The van der Waals surface area contributed by atoms with Crippen molar-refractivity contribution in [2.24, 2.45) is 5.10 Å². The predicted octanol–water partition coefficient (Wildman–Crippen LogP) is 4.03. The van der Waals surface area contributed by atoms with Crippen molar-refractivity contribution in [2.45, 2.75) is 9.99 Å².